The van der Waals surface area contributed by atoms with Crippen molar-refractivity contribution in [3.05, 3.63) is 0 Å². The van der Waals surface area contributed by atoms with E-state index < -0.39 is 5.60 Å². The Bertz CT molecular complexity index is 448. The zero-order valence-corrected chi connectivity index (χ0v) is 16.1. The van der Waals surface area contributed by atoms with Crippen molar-refractivity contribution in [2.45, 2.75) is 51.7 Å². The molecule has 144 valence electrons. The van der Waals surface area contributed by atoms with Crippen LogP contribution in [0, 0.1) is 5.92 Å². The highest BCUT2D eigenvalue weighted by molar-refractivity contribution is 5.84. The van der Waals surface area contributed by atoms with E-state index >= 15 is 0 Å². The van der Waals surface area contributed by atoms with Gasteiger partial charge in [0.25, 0.3) is 0 Å². The number of guanidine groups is 1. The normalized spacial score (nSPS) is 23.5. The van der Waals surface area contributed by atoms with Crippen molar-refractivity contribution >= 4 is 11.9 Å². The van der Waals surface area contributed by atoms with Gasteiger partial charge in [-0.1, -0.05) is 0 Å². The molecule has 25 heavy (non-hydrogen) atoms. The third kappa shape index (κ3) is 7.61. The fourth-order valence-electron chi connectivity index (χ4n) is 3.27. The Morgan fingerprint density at radius 2 is 2.00 bits per heavy atom. The molecule has 0 amide bonds. The molecule has 2 aliphatic heterocycles. The summed E-state index contributed by atoms with van der Waals surface area (Å²) >= 11 is 0. The van der Waals surface area contributed by atoms with Gasteiger partial charge in [0.2, 0.25) is 0 Å². The number of aliphatic imine (C=N–C) groups is 1. The molecule has 7 nitrogen and oxygen atoms in total. The number of esters is 1. The maximum atomic E-state index is 11.8. The predicted molar refractivity (Wildman–Crippen MR) is 98.7 cm³/mol. The van der Waals surface area contributed by atoms with Gasteiger partial charge in [-0.15, -0.1) is 0 Å². The standard InChI is InChI=1S/C18H34N4O3/c1-18(2,3)25-16(23)11-20-17(19-4)21-15-5-8-22(9-6-15)12-14-7-10-24-13-14/h14-15H,5-13H2,1-4H3,(H2,19,20,21). The number of hydrogen-bond acceptors (Lipinski definition) is 5. The molecule has 1 unspecified atom stereocenters. The second kappa shape index (κ2) is 9.38. The maximum absolute atomic E-state index is 11.8. The molecule has 2 aliphatic rings. The lowest BCUT2D eigenvalue weighted by Gasteiger charge is -2.34. The van der Waals surface area contributed by atoms with Crippen LogP contribution in [0.2, 0.25) is 0 Å². The van der Waals surface area contributed by atoms with Gasteiger partial charge < -0.3 is 25.0 Å². The van der Waals surface area contributed by atoms with Crippen molar-refractivity contribution in [2.75, 3.05) is 46.4 Å². The monoisotopic (exact) mass is 354 g/mol. The second-order valence-corrected chi connectivity index (χ2v) is 7.96. The van der Waals surface area contributed by atoms with Crippen molar-refractivity contribution in [2.24, 2.45) is 10.9 Å². The van der Waals surface area contributed by atoms with Crippen LogP contribution in [0.25, 0.3) is 0 Å². The molecule has 1 atom stereocenters. The van der Waals surface area contributed by atoms with Gasteiger partial charge in [0.05, 0.1) is 6.61 Å². The smallest absolute Gasteiger partial charge is 0.325 e. The van der Waals surface area contributed by atoms with E-state index in [1.807, 2.05) is 20.8 Å². The Hall–Kier alpha value is -1.34. The van der Waals surface area contributed by atoms with Crippen molar-refractivity contribution in [3.8, 4) is 0 Å². The fourth-order valence-corrected chi connectivity index (χ4v) is 3.27. The highest BCUT2D eigenvalue weighted by atomic mass is 16.6. The number of piperidine rings is 1. The summed E-state index contributed by atoms with van der Waals surface area (Å²) in [5.74, 6) is 1.09. The first-order chi connectivity index (χ1) is 11.9. The molecular formula is C18H34N4O3. The Morgan fingerprint density at radius 1 is 1.28 bits per heavy atom. The first-order valence-electron chi connectivity index (χ1n) is 9.35. The highest BCUT2D eigenvalue weighted by Crippen LogP contribution is 2.17. The van der Waals surface area contributed by atoms with E-state index in [1.54, 1.807) is 7.05 Å². The Labute approximate surface area is 151 Å². The van der Waals surface area contributed by atoms with Gasteiger partial charge in [-0.2, -0.15) is 0 Å². The molecule has 0 aliphatic carbocycles. The van der Waals surface area contributed by atoms with E-state index in [4.69, 9.17) is 9.47 Å². The molecule has 2 saturated heterocycles. The van der Waals surface area contributed by atoms with Crippen LogP contribution in [0.3, 0.4) is 0 Å². The molecule has 0 aromatic rings. The molecule has 0 aromatic heterocycles. The summed E-state index contributed by atoms with van der Waals surface area (Å²) in [6.45, 7) is 10.9. The zero-order valence-electron chi connectivity index (χ0n) is 16.1. The second-order valence-electron chi connectivity index (χ2n) is 7.96. The van der Waals surface area contributed by atoms with Crippen molar-refractivity contribution in [1.29, 1.82) is 0 Å². The molecule has 0 aromatic carbocycles. The summed E-state index contributed by atoms with van der Waals surface area (Å²) in [6, 6.07) is 0.390. The third-order valence-electron chi connectivity index (χ3n) is 4.51. The minimum Gasteiger partial charge on any atom is -0.459 e. The van der Waals surface area contributed by atoms with Gasteiger partial charge in [-0.05, 0) is 46.0 Å². The van der Waals surface area contributed by atoms with E-state index in [2.05, 4.69) is 20.5 Å². The molecule has 0 bridgehead atoms. The van der Waals surface area contributed by atoms with Crippen LogP contribution in [-0.2, 0) is 14.3 Å². The average molecular weight is 354 g/mol. The van der Waals surface area contributed by atoms with E-state index in [1.165, 1.54) is 6.42 Å². The first-order valence-corrected chi connectivity index (χ1v) is 9.35. The third-order valence-corrected chi connectivity index (χ3v) is 4.51. The largest absolute Gasteiger partial charge is 0.459 e. The number of nitrogens with one attached hydrogen (secondary N) is 2. The van der Waals surface area contributed by atoms with Crippen LogP contribution in [0.1, 0.15) is 40.0 Å². The Balaban J connectivity index is 1.65. The van der Waals surface area contributed by atoms with Gasteiger partial charge in [-0.3, -0.25) is 9.79 Å². The number of ether oxygens (including phenoxy) is 2. The van der Waals surface area contributed by atoms with Crippen LogP contribution in [0.4, 0.5) is 0 Å². The number of hydrogen-bond donors (Lipinski definition) is 2. The number of nitrogens with zero attached hydrogens (tertiary/aromatic N) is 2. The predicted octanol–water partition coefficient (Wildman–Crippen LogP) is 0.994. The van der Waals surface area contributed by atoms with Crippen LogP contribution < -0.4 is 10.6 Å². The van der Waals surface area contributed by atoms with Crippen LogP contribution in [0.5, 0.6) is 0 Å². The van der Waals surface area contributed by atoms with E-state index in [-0.39, 0.29) is 12.5 Å². The average Bonchev–Trinajstić information content (AvgIpc) is 3.04. The topological polar surface area (TPSA) is 75.2 Å². The van der Waals surface area contributed by atoms with Crippen molar-refractivity contribution < 1.29 is 14.3 Å². The van der Waals surface area contributed by atoms with Crippen LogP contribution in [0.15, 0.2) is 4.99 Å². The molecule has 7 heteroatoms. The molecule has 2 rings (SSSR count). The maximum Gasteiger partial charge on any atom is 0.325 e. The van der Waals surface area contributed by atoms with Crippen molar-refractivity contribution in [1.82, 2.24) is 15.5 Å². The lowest BCUT2D eigenvalue weighted by Crippen LogP contribution is -2.50. The molecular weight excluding hydrogens is 320 g/mol. The summed E-state index contributed by atoms with van der Waals surface area (Å²) in [5, 5.41) is 6.46. The van der Waals surface area contributed by atoms with Crippen LogP contribution >= 0.6 is 0 Å². The molecule has 0 spiro atoms. The minimum absolute atomic E-state index is 0.122. The minimum atomic E-state index is -0.465. The summed E-state index contributed by atoms with van der Waals surface area (Å²) in [4.78, 5) is 18.5. The summed E-state index contributed by atoms with van der Waals surface area (Å²) in [5.41, 5.74) is -0.465. The lowest BCUT2D eigenvalue weighted by molar-refractivity contribution is -0.153. The fraction of sp³-hybridized carbons (Fsp3) is 0.889. The van der Waals surface area contributed by atoms with Gasteiger partial charge in [0.1, 0.15) is 12.1 Å². The molecule has 0 saturated carbocycles. The zero-order chi connectivity index (χ0) is 18.3. The van der Waals surface area contributed by atoms with Crippen LogP contribution in [-0.4, -0.2) is 74.9 Å². The van der Waals surface area contributed by atoms with Crippen molar-refractivity contribution in [3.63, 3.8) is 0 Å². The van der Waals surface area contributed by atoms with Gasteiger partial charge in [-0.25, -0.2) is 0 Å². The summed E-state index contributed by atoms with van der Waals surface area (Å²) in [6.07, 6.45) is 3.36. The molecule has 2 heterocycles. The quantitative estimate of drug-likeness (QED) is 0.436. The number of likely N-dealkylation sites (tertiary alicyclic amines) is 1. The number of rotatable bonds is 5. The number of carbonyl (C=O) groups is 1. The molecule has 2 N–H and O–H groups in total. The first kappa shape index (κ1) is 20.0. The van der Waals surface area contributed by atoms with Gasteiger partial charge >= 0.3 is 5.97 Å². The Morgan fingerprint density at radius 3 is 2.56 bits per heavy atom. The van der Waals surface area contributed by atoms with E-state index in [9.17, 15) is 4.79 Å². The van der Waals surface area contributed by atoms with Gasteiger partial charge in [0.15, 0.2) is 5.96 Å². The molecule has 2 fully saturated rings. The van der Waals surface area contributed by atoms with E-state index in [0.29, 0.717) is 17.9 Å². The van der Waals surface area contributed by atoms with Gasteiger partial charge in [0, 0.05) is 39.3 Å². The van der Waals surface area contributed by atoms with E-state index in [0.717, 1.165) is 45.7 Å². The SMILES string of the molecule is CN=C(NCC(=O)OC(C)(C)C)NC1CCN(CC2CCOC2)CC1. The summed E-state index contributed by atoms with van der Waals surface area (Å²) < 4.78 is 10.8. The highest BCUT2D eigenvalue weighted by Gasteiger charge is 2.24. The Kier molecular flexibility index (Phi) is 7.50. The lowest BCUT2D eigenvalue weighted by atomic mass is 10.0. The summed E-state index contributed by atoms with van der Waals surface area (Å²) in [7, 11) is 1.72. The number of carbonyl (C=O) groups excluding carboxylic acids is 1. The molecule has 0 radical (unpaired) electrons.